The van der Waals surface area contributed by atoms with Gasteiger partial charge in [-0.1, -0.05) is 0 Å². The Hall–Kier alpha value is -2.12. The number of carbonyl (C=O) groups excluding carboxylic acids is 2. The van der Waals surface area contributed by atoms with Gasteiger partial charge in [-0.05, 0) is 44.5 Å². The Morgan fingerprint density at radius 2 is 1.75 bits per heavy atom. The summed E-state index contributed by atoms with van der Waals surface area (Å²) in [5.41, 5.74) is 0.638. The molecule has 0 aliphatic rings. The molecule has 1 rings (SSSR count). The smallest absolute Gasteiger partial charge is 0.250 e. The molecule has 0 saturated carbocycles. The lowest BCUT2D eigenvalue weighted by molar-refractivity contribution is -0.128. The number of rotatable bonds is 11. The van der Waals surface area contributed by atoms with Gasteiger partial charge in [-0.3, -0.25) is 9.59 Å². The summed E-state index contributed by atoms with van der Waals surface area (Å²) in [5, 5.41) is 5.37. The van der Waals surface area contributed by atoms with E-state index in [1.165, 1.54) is 0 Å². The summed E-state index contributed by atoms with van der Waals surface area (Å²) >= 11 is 0. The largest absolute Gasteiger partial charge is 0.497 e. The van der Waals surface area contributed by atoms with Crippen LogP contribution in [0.4, 0.5) is 5.69 Å². The van der Waals surface area contributed by atoms with Crippen molar-refractivity contribution in [3.8, 4) is 5.75 Å². The molecule has 0 radical (unpaired) electrons. The lowest BCUT2D eigenvalue weighted by atomic mass is 10.3. The summed E-state index contributed by atoms with van der Waals surface area (Å²) < 4.78 is 15.5. The van der Waals surface area contributed by atoms with Gasteiger partial charge in [0.05, 0.1) is 13.2 Å². The highest BCUT2D eigenvalue weighted by atomic mass is 16.5. The molecule has 0 bridgehead atoms. The minimum absolute atomic E-state index is 0.152. The topological polar surface area (TPSA) is 85.9 Å². The Morgan fingerprint density at radius 1 is 1.08 bits per heavy atom. The van der Waals surface area contributed by atoms with E-state index < -0.39 is 0 Å². The standard InChI is InChI=1S/C17H26N2O5/c1-13(2)24-10-4-9-18-16(20)11-23-12-17(21)19-14-5-7-15(22-3)8-6-14/h5-8,13H,4,9-12H2,1-3H3,(H,18,20)(H,19,21). The number of amides is 2. The average molecular weight is 338 g/mol. The maximum absolute atomic E-state index is 11.7. The maximum atomic E-state index is 11.7. The number of anilines is 1. The van der Waals surface area contributed by atoms with Crippen molar-refractivity contribution >= 4 is 17.5 Å². The maximum Gasteiger partial charge on any atom is 0.250 e. The molecule has 7 heteroatoms. The van der Waals surface area contributed by atoms with Crippen LogP contribution in [0.5, 0.6) is 5.75 Å². The van der Waals surface area contributed by atoms with Crippen molar-refractivity contribution in [3.63, 3.8) is 0 Å². The fourth-order valence-corrected chi connectivity index (χ4v) is 1.78. The van der Waals surface area contributed by atoms with E-state index in [1.54, 1.807) is 31.4 Å². The molecule has 0 fully saturated rings. The molecule has 2 amide bonds. The Labute approximate surface area is 142 Å². The van der Waals surface area contributed by atoms with Crippen LogP contribution in [0.25, 0.3) is 0 Å². The van der Waals surface area contributed by atoms with Crippen LogP contribution in [-0.2, 0) is 19.1 Å². The highest BCUT2D eigenvalue weighted by Crippen LogP contribution is 2.14. The Kier molecular flexibility index (Phi) is 9.48. The zero-order valence-electron chi connectivity index (χ0n) is 14.5. The zero-order valence-corrected chi connectivity index (χ0v) is 14.5. The molecule has 134 valence electrons. The van der Waals surface area contributed by atoms with Crippen LogP contribution in [0.15, 0.2) is 24.3 Å². The monoisotopic (exact) mass is 338 g/mol. The van der Waals surface area contributed by atoms with Gasteiger partial charge in [0, 0.05) is 18.8 Å². The number of hydrogen-bond donors (Lipinski definition) is 2. The lowest BCUT2D eigenvalue weighted by Gasteiger charge is -2.09. The van der Waals surface area contributed by atoms with E-state index in [1.807, 2.05) is 13.8 Å². The molecule has 1 aromatic rings. The summed E-state index contributed by atoms with van der Waals surface area (Å²) in [4.78, 5) is 23.2. The second-order valence-electron chi connectivity index (χ2n) is 5.39. The first-order valence-corrected chi connectivity index (χ1v) is 7.91. The van der Waals surface area contributed by atoms with Gasteiger partial charge in [0.1, 0.15) is 19.0 Å². The van der Waals surface area contributed by atoms with E-state index >= 15 is 0 Å². The fraction of sp³-hybridized carbons (Fsp3) is 0.529. The van der Waals surface area contributed by atoms with Crippen LogP contribution in [-0.4, -0.2) is 51.4 Å². The van der Waals surface area contributed by atoms with Gasteiger partial charge < -0.3 is 24.8 Å². The lowest BCUT2D eigenvalue weighted by Crippen LogP contribution is -2.30. The van der Waals surface area contributed by atoms with Crippen LogP contribution in [0.3, 0.4) is 0 Å². The zero-order chi connectivity index (χ0) is 17.8. The summed E-state index contributed by atoms with van der Waals surface area (Å²) in [6.07, 6.45) is 0.926. The summed E-state index contributed by atoms with van der Waals surface area (Å²) in [5.74, 6) is 0.134. The minimum Gasteiger partial charge on any atom is -0.497 e. The predicted octanol–water partition coefficient (Wildman–Crippen LogP) is 1.58. The number of carbonyl (C=O) groups is 2. The van der Waals surface area contributed by atoms with Crippen molar-refractivity contribution in [2.45, 2.75) is 26.4 Å². The number of ether oxygens (including phenoxy) is 3. The number of hydrogen-bond acceptors (Lipinski definition) is 5. The van der Waals surface area contributed by atoms with E-state index in [-0.39, 0.29) is 31.1 Å². The molecule has 0 spiro atoms. The number of methoxy groups -OCH3 is 1. The van der Waals surface area contributed by atoms with Gasteiger partial charge in [-0.15, -0.1) is 0 Å². The average Bonchev–Trinajstić information content (AvgIpc) is 2.55. The third-order valence-electron chi connectivity index (χ3n) is 2.93. The minimum atomic E-state index is -0.321. The first-order valence-electron chi connectivity index (χ1n) is 7.91. The highest BCUT2D eigenvalue weighted by Gasteiger charge is 2.06. The number of benzene rings is 1. The number of nitrogens with one attached hydrogen (secondary N) is 2. The Balaban J connectivity index is 2.10. The van der Waals surface area contributed by atoms with Gasteiger partial charge >= 0.3 is 0 Å². The Bertz CT molecular complexity index is 502. The highest BCUT2D eigenvalue weighted by molar-refractivity contribution is 5.91. The molecule has 0 atom stereocenters. The first-order chi connectivity index (χ1) is 11.5. The molecule has 1 aromatic carbocycles. The van der Waals surface area contributed by atoms with E-state index in [0.717, 1.165) is 6.42 Å². The second kappa shape index (κ2) is 11.4. The third kappa shape index (κ3) is 9.12. The predicted molar refractivity (Wildman–Crippen MR) is 91.2 cm³/mol. The van der Waals surface area contributed by atoms with E-state index in [9.17, 15) is 9.59 Å². The van der Waals surface area contributed by atoms with Crippen molar-refractivity contribution in [2.75, 3.05) is 38.8 Å². The van der Waals surface area contributed by atoms with Gasteiger partial charge in [0.15, 0.2) is 0 Å². The molecule has 0 heterocycles. The molecular weight excluding hydrogens is 312 g/mol. The van der Waals surface area contributed by atoms with Crippen LogP contribution in [0.2, 0.25) is 0 Å². The molecule has 7 nitrogen and oxygen atoms in total. The van der Waals surface area contributed by atoms with Crippen molar-refractivity contribution in [1.82, 2.24) is 5.32 Å². The molecular formula is C17H26N2O5. The van der Waals surface area contributed by atoms with Gasteiger partial charge in [-0.25, -0.2) is 0 Å². The van der Waals surface area contributed by atoms with Gasteiger partial charge in [0.2, 0.25) is 11.8 Å². The van der Waals surface area contributed by atoms with Crippen LogP contribution in [0, 0.1) is 0 Å². The van der Waals surface area contributed by atoms with Gasteiger partial charge in [-0.2, -0.15) is 0 Å². The molecule has 0 saturated heterocycles. The summed E-state index contributed by atoms with van der Waals surface area (Å²) in [6, 6.07) is 6.94. The normalized spacial score (nSPS) is 10.5. The molecule has 24 heavy (non-hydrogen) atoms. The first kappa shape index (κ1) is 19.9. The summed E-state index contributed by atoms with van der Waals surface area (Å²) in [7, 11) is 1.57. The van der Waals surface area contributed by atoms with E-state index in [0.29, 0.717) is 24.6 Å². The molecule has 0 aliphatic heterocycles. The van der Waals surface area contributed by atoms with Crippen LogP contribution < -0.4 is 15.4 Å². The van der Waals surface area contributed by atoms with Crippen molar-refractivity contribution in [2.24, 2.45) is 0 Å². The molecule has 0 aromatic heterocycles. The van der Waals surface area contributed by atoms with Crippen LogP contribution >= 0.6 is 0 Å². The third-order valence-corrected chi connectivity index (χ3v) is 2.93. The van der Waals surface area contributed by atoms with Gasteiger partial charge in [0.25, 0.3) is 0 Å². The SMILES string of the molecule is COc1ccc(NC(=O)COCC(=O)NCCCOC(C)C)cc1. The van der Waals surface area contributed by atoms with E-state index in [4.69, 9.17) is 14.2 Å². The second-order valence-corrected chi connectivity index (χ2v) is 5.39. The quantitative estimate of drug-likeness (QED) is 0.598. The fourth-order valence-electron chi connectivity index (χ4n) is 1.78. The van der Waals surface area contributed by atoms with Crippen molar-refractivity contribution in [1.29, 1.82) is 0 Å². The molecule has 0 aliphatic carbocycles. The Morgan fingerprint density at radius 3 is 2.38 bits per heavy atom. The van der Waals surface area contributed by atoms with E-state index in [2.05, 4.69) is 10.6 Å². The summed E-state index contributed by atoms with van der Waals surface area (Å²) in [6.45, 7) is 4.71. The molecule has 0 unspecified atom stereocenters. The van der Waals surface area contributed by atoms with Crippen LogP contribution in [0.1, 0.15) is 20.3 Å². The molecule has 2 N–H and O–H groups in total. The van der Waals surface area contributed by atoms with Crippen molar-refractivity contribution in [3.05, 3.63) is 24.3 Å². The van der Waals surface area contributed by atoms with Crippen molar-refractivity contribution < 1.29 is 23.8 Å².